The monoisotopic (exact) mass is 381 g/mol. The van der Waals surface area contributed by atoms with E-state index in [2.05, 4.69) is 22.3 Å². The number of rotatable bonds is 6. The van der Waals surface area contributed by atoms with E-state index in [0.717, 1.165) is 37.3 Å². The molecule has 1 aliphatic heterocycles. The second kappa shape index (κ2) is 8.43. The van der Waals surface area contributed by atoms with Gasteiger partial charge in [-0.25, -0.2) is 8.42 Å². The molecule has 1 aliphatic rings. The Balaban J connectivity index is 0.00000264. The van der Waals surface area contributed by atoms with Gasteiger partial charge in [0.05, 0.1) is 6.04 Å². The van der Waals surface area contributed by atoms with E-state index in [1.165, 1.54) is 6.07 Å². The van der Waals surface area contributed by atoms with Crippen molar-refractivity contribution in [3.8, 4) is 0 Å². The van der Waals surface area contributed by atoms with Crippen molar-refractivity contribution in [2.45, 2.75) is 36.9 Å². The fourth-order valence-corrected chi connectivity index (χ4v) is 4.63. The van der Waals surface area contributed by atoms with E-state index >= 15 is 0 Å². The summed E-state index contributed by atoms with van der Waals surface area (Å²) in [5.41, 5.74) is 0.0766. The van der Waals surface area contributed by atoms with Crippen molar-refractivity contribution >= 4 is 39.7 Å². The predicted molar refractivity (Wildman–Crippen MR) is 94.6 cm³/mol. The summed E-state index contributed by atoms with van der Waals surface area (Å²) in [4.78, 5) is 12.1. The van der Waals surface area contributed by atoms with Gasteiger partial charge in [0.25, 0.3) is 10.0 Å². The molecule has 0 bridgehead atoms. The van der Waals surface area contributed by atoms with E-state index < -0.39 is 16.1 Å². The van der Waals surface area contributed by atoms with Gasteiger partial charge >= 0.3 is 0 Å². The molecule has 1 aromatic rings. The molecule has 3 N–H and O–H groups in total. The third-order valence-corrected chi connectivity index (χ3v) is 6.92. The van der Waals surface area contributed by atoms with Gasteiger partial charge in [-0.3, -0.25) is 4.79 Å². The van der Waals surface area contributed by atoms with Gasteiger partial charge < -0.3 is 10.6 Å². The van der Waals surface area contributed by atoms with E-state index in [-0.39, 0.29) is 27.9 Å². The van der Waals surface area contributed by atoms with E-state index in [1.807, 2.05) is 0 Å². The van der Waals surface area contributed by atoms with Crippen molar-refractivity contribution in [3.63, 3.8) is 0 Å². The van der Waals surface area contributed by atoms with E-state index in [9.17, 15) is 13.2 Å². The number of hydrogen-bond acceptors (Lipinski definition) is 5. The summed E-state index contributed by atoms with van der Waals surface area (Å²) >= 11 is 1.13. The SMILES string of the molecule is CC(NS(=O)(=O)c1cccs1)C(=O)NCC1(C)CCNCC1.Cl. The van der Waals surface area contributed by atoms with Crippen LogP contribution >= 0.6 is 23.7 Å². The Hall–Kier alpha value is -0.670. The molecule has 1 aromatic heterocycles. The van der Waals surface area contributed by atoms with E-state index in [0.29, 0.717) is 6.54 Å². The molecule has 1 saturated heterocycles. The molecule has 2 rings (SSSR count). The minimum absolute atomic E-state index is 0. The fourth-order valence-electron chi connectivity index (χ4n) is 2.42. The average Bonchev–Trinajstić information content (AvgIpc) is 3.00. The maximum Gasteiger partial charge on any atom is 0.250 e. The Bertz CT molecular complexity index is 599. The fraction of sp³-hybridized carbons (Fsp3) is 0.643. The first-order valence-electron chi connectivity index (χ1n) is 7.37. The van der Waals surface area contributed by atoms with Crippen LogP contribution in [0.15, 0.2) is 21.7 Å². The van der Waals surface area contributed by atoms with Gasteiger partial charge in [-0.2, -0.15) is 4.72 Å². The largest absolute Gasteiger partial charge is 0.354 e. The molecule has 23 heavy (non-hydrogen) atoms. The van der Waals surface area contributed by atoms with Crippen LogP contribution in [0.25, 0.3) is 0 Å². The lowest BCUT2D eigenvalue weighted by Crippen LogP contribution is -2.49. The topological polar surface area (TPSA) is 87.3 Å². The Morgan fingerprint density at radius 3 is 2.65 bits per heavy atom. The lowest BCUT2D eigenvalue weighted by Gasteiger charge is -2.34. The molecular weight excluding hydrogens is 358 g/mol. The first-order valence-corrected chi connectivity index (χ1v) is 9.73. The normalized spacial score (nSPS) is 18.7. The third kappa shape index (κ3) is 5.72. The lowest BCUT2D eigenvalue weighted by atomic mass is 9.81. The zero-order valence-corrected chi connectivity index (χ0v) is 15.7. The van der Waals surface area contributed by atoms with E-state index in [1.54, 1.807) is 18.4 Å². The first kappa shape index (κ1) is 20.4. The number of hydrogen-bond donors (Lipinski definition) is 3. The second-order valence-corrected chi connectivity index (χ2v) is 8.94. The number of carbonyl (C=O) groups excluding carboxylic acids is 1. The van der Waals surface area contributed by atoms with Gasteiger partial charge in [-0.15, -0.1) is 23.7 Å². The maximum absolute atomic E-state index is 12.1. The minimum Gasteiger partial charge on any atom is -0.354 e. The van der Waals surface area contributed by atoms with Crippen LogP contribution in [0, 0.1) is 5.41 Å². The average molecular weight is 382 g/mol. The summed E-state index contributed by atoms with van der Waals surface area (Å²) in [6, 6.07) is 2.40. The van der Waals surface area contributed by atoms with Gasteiger partial charge in [-0.1, -0.05) is 13.0 Å². The zero-order valence-electron chi connectivity index (χ0n) is 13.3. The smallest absolute Gasteiger partial charge is 0.250 e. The summed E-state index contributed by atoms with van der Waals surface area (Å²) in [5.74, 6) is -0.292. The molecule has 1 unspecified atom stereocenters. The molecule has 0 saturated carbocycles. The second-order valence-electron chi connectivity index (χ2n) is 6.05. The number of nitrogens with one attached hydrogen (secondary N) is 3. The number of halogens is 1. The summed E-state index contributed by atoms with van der Waals surface area (Å²) in [6.07, 6.45) is 2.01. The Labute approximate surface area is 147 Å². The number of piperidine rings is 1. The van der Waals surface area contributed by atoms with Gasteiger partial charge in [0.15, 0.2) is 0 Å². The quantitative estimate of drug-likeness (QED) is 0.694. The molecule has 1 amide bonds. The molecule has 0 aromatic carbocycles. The van der Waals surface area contributed by atoms with Crippen LogP contribution in [-0.4, -0.2) is 40.0 Å². The van der Waals surface area contributed by atoms with Crippen LogP contribution in [0.1, 0.15) is 26.7 Å². The van der Waals surface area contributed by atoms with Crippen molar-refractivity contribution < 1.29 is 13.2 Å². The maximum atomic E-state index is 12.1. The van der Waals surface area contributed by atoms with Crippen molar-refractivity contribution in [2.24, 2.45) is 5.41 Å². The third-order valence-electron chi connectivity index (χ3n) is 3.99. The van der Waals surface area contributed by atoms with Crippen molar-refractivity contribution in [3.05, 3.63) is 17.5 Å². The molecule has 0 spiro atoms. The molecule has 0 radical (unpaired) electrons. The van der Waals surface area contributed by atoms with Crippen LogP contribution in [-0.2, 0) is 14.8 Å². The number of thiophene rings is 1. The Morgan fingerprint density at radius 2 is 2.09 bits per heavy atom. The molecule has 9 heteroatoms. The predicted octanol–water partition coefficient (Wildman–Crippen LogP) is 1.34. The molecule has 6 nitrogen and oxygen atoms in total. The van der Waals surface area contributed by atoms with Crippen LogP contribution in [0.4, 0.5) is 0 Å². The highest BCUT2D eigenvalue weighted by molar-refractivity contribution is 7.91. The number of carbonyl (C=O) groups is 1. The zero-order chi connectivity index (χ0) is 16.2. The van der Waals surface area contributed by atoms with Crippen molar-refractivity contribution in [1.29, 1.82) is 0 Å². The highest BCUT2D eigenvalue weighted by Gasteiger charge is 2.29. The minimum atomic E-state index is -3.62. The van der Waals surface area contributed by atoms with Gasteiger partial charge in [0, 0.05) is 6.54 Å². The summed E-state index contributed by atoms with van der Waals surface area (Å²) in [5, 5.41) is 7.86. The molecular formula is C14H24ClN3O3S2. The van der Waals surface area contributed by atoms with Gasteiger partial charge in [-0.05, 0) is 49.7 Å². The van der Waals surface area contributed by atoms with Crippen LogP contribution in [0.2, 0.25) is 0 Å². The molecule has 132 valence electrons. The lowest BCUT2D eigenvalue weighted by molar-refractivity contribution is -0.122. The number of amides is 1. The summed E-state index contributed by atoms with van der Waals surface area (Å²) in [7, 11) is -3.62. The summed E-state index contributed by atoms with van der Waals surface area (Å²) in [6.45, 7) is 6.18. The van der Waals surface area contributed by atoms with Crippen LogP contribution in [0.5, 0.6) is 0 Å². The van der Waals surface area contributed by atoms with Crippen molar-refractivity contribution in [1.82, 2.24) is 15.4 Å². The highest BCUT2D eigenvalue weighted by Crippen LogP contribution is 2.26. The standard InChI is InChI=1S/C14H23N3O3S2.ClH/c1-11(17-22(19,20)12-4-3-9-21-12)13(18)16-10-14(2)5-7-15-8-6-14;/h3-4,9,11,15,17H,5-8,10H2,1-2H3,(H,16,18);1H. The molecule has 2 heterocycles. The van der Waals surface area contributed by atoms with Gasteiger partial charge in [0.2, 0.25) is 5.91 Å². The molecule has 1 fully saturated rings. The summed E-state index contributed by atoms with van der Waals surface area (Å²) < 4.78 is 26.8. The van der Waals surface area contributed by atoms with Crippen LogP contribution in [0.3, 0.4) is 0 Å². The molecule has 1 atom stereocenters. The van der Waals surface area contributed by atoms with Gasteiger partial charge in [0.1, 0.15) is 4.21 Å². The number of sulfonamides is 1. The Morgan fingerprint density at radius 1 is 1.43 bits per heavy atom. The van der Waals surface area contributed by atoms with Crippen molar-refractivity contribution in [2.75, 3.05) is 19.6 Å². The van der Waals surface area contributed by atoms with E-state index in [4.69, 9.17) is 0 Å². The first-order chi connectivity index (χ1) is 10.3. The Kier molecular flexibility index (Phi) is 7.47. The highest BCUT2D eigenvalue weighted by atomic mass is 35.5. The van der Waals surface area contributed by atoms with Crippen LogP contribution < -0.4 is 15.4 Å². The molecule has 0 aliphatic carbocycles.